The van der Waals surface area contributed by atoms with Crippen LogP contribution in [0.5, 0.6) is 0 Å². The summed E-state index contributed by atoms with van der Waals surface area (Å²) in [7, 11) is 0. The van der Waals surface area contributed by atoms with Crippen molar-refractivity contribution in [3.63, 3.8) is 0 Å². The molecule has 0 aliphatic carbocycles. The molecule has 2 aromatic heterocycles. The minimum Gasteiger partial charge on any atom is -0.354 e. The lowest BCUT2D eigenvalue weighted by Gasteiger charge is -2.08. The molecule has 0 aliphatic rings. The van der Waals surface area contributed by atoms with Gasteiger partial charge in [-0.15, -0.1) is 11.3 Å². The van der Waals surface area contributed by atoms with Crippen molar-refractivity contribution in [3.8, 4) is 10.6 Å². The topological polar surface area (TPSA) is 15.8 Å². The summed E-state index contributed by atoms with van der Waals surface area (Å²) >= 11 is 1.88. The summed E-state index contributed by atoms with van der Waals surface area (Å²) in [5, 5.41) is 1.32. The number of aryl methyl sites for hydroxylation is 1. The Labute approximate surface area is 124 Å². The van der Waals surface area contributed by atoms with Crippen LogP contribution >= 0.6 is 11.3 Å². The largest absolute Gasteiger partial charge is 0.354 e. The van der Waals surface area contributed by atoms with Gasteiger partial charge in [0.2, 0.25) is 0 Å². The Kier molecular flexibility index (Phi) is 3.66. The van der Waals surface area contributed by atoms with E-state index in [1.165, 1.54) is 38.3 Å². The molecule has 1 N–H and O–H groups in total. The molecule has 1 nitrogen and oxygen atoms in total. The summed E-state index contributed by atoms with van der Waals surface area (Å²) in [6.45, 7) is 6.75. The maximum atomic E-state index is 3.54. The van der Waals surface area contributed by atoms with E-state index in [4.69, 9.17) is 0 Å². The molecule has 1 aromatic carbocycles. The summed E-state index contributed by atoms with van der Waals surface area (Å²) in [4.78, 5) is 6.32. The van der Waals surface area contributed by atoms with E-state index in [-0.39, 0.29) is 0 Å². The molecule has 0 fully saturated rings. The van der Waals surface area contributed by atoms with E-state index < -0.39 is 0 Å². The first-order valence-corrected chi connectivity index (χ1v) is 8.24. The zero-order chi connectivity index (χ0) is 14.1. The molecule has 1 unspecified atom stereocenters. The van der Waals surface area contributed by atoms with E-state index in [1.807, 2.05) is 11.3 Å². The number of nitrogens with one attached hydrogen (secondary N) is 1. The van der Waals surface area contributed by atoms with Gasteiger partial charge in [0.15, 0.2) is 0 Å². The van der Waals surface area contributed by atoms with Gasteiger partial charge in [-0.2, -0.15) is 0 Å². The first-order valence-electron chi connectivity index (χ1n) is 7.43. The Morgan fingerprint density at radius 3 is 2.65 bits per heavy atom. The number of thiophene rings is 1. The molecule has 0 radical (unpaired) electrons. The first-order chi connectivity index (χ1) is 9.71. The fourth-order valence-electron chi connectivity index (χ4n) is 2.54. The molecule has 3 rings (SSSR count). The van der Waals surface area contributed by atoms with Gasteiger partial charge in [0, 0.05) is 15.8 Å². The van der Waals surface area contributed by atoms with Crippen molar-refractivity contribution in [2.45, 2.75) is 39.5 Å². The van der Waals surface area contributed by atoms with E-state index in [9.17, 15) is 0 Å². The zero-order valence-corrected chi connectivity index (χ0v) is 13.2. The van der Waals surface area contributed by atoms with Gasteiger partial charge < -0.3 is 4.98 Å². The first kappa shape index (κ1) is 13.4. The van der Waals surface area contributed by atoms with Gasteiger partial charge in [0.05, 0.1) is 10.6 Å². The lowest BCUT2D eigenvalue weighted by molar-refractivity contribution is 0.735. The molecule has 3 aromatic rings. The number of aromatic nitrogens is 1. The number of fused-ring (bicyclic) bond motifs is 1. The van der Waals surface area contributed by atoms with Gasteiger partial charge in [-0.3, -0.25) is 0 Å². The number of hydrogen-bond donors (Lipinski definition) is 1. The maximum absolute atomic E-state index is 3.54. The van der Waals surface area contributed by atoms with Crippen molar-refractivity contribution in [2.75, 3.05) is 0 Å². The molecule has 104 valence electrons. The normalized spacial score (nSPS) is 12.9. The Morgan fingerprint density at radius 2 is 1.95 bits per heavy atom. The second-order valence-electron chi connectivity index (χ2n) is 5.46. The highest BCUT2D eigenvalue weighted by molar-refractivity contribution is 7.15. The minimum absolute atomic E-state index is 0.631. The third-order valence-corrected chi connectivity index (χ3v) is 5.36. The highest BCUT2D eigenvalue weighted by atomic mass is 32.1. The molecule has 0 amide bonds. The van der Waals surface area contributed by atoms with Crippen molar-refractivity contribution >= 4 is 22.2 Å². The van der Waals surface area contributed by atoms with Crippen LogP contribution < -0.4 is 0 Å². The quantitative estimate of drug-likeness (QED) is 0.607. The predicted molar refractivity (Wildman–Crippen MR) is 89.7 cm³/mol. The number of rotatable bonds is 4. The summed E-state index contributed by atoms with van der Waals surface area (Å²) in [6, 6.07) is 13.5. The van der Waals surface area contributed by atoms with Crippen molar-refractivity contribution in [2.24, 2.45) is 0 Å². The third-order valence-electron chi connectivity index (χ3n) is 4.10. The standard InChI is InChI=1S/C18H21NS/c1-4-12(3)13-6-8-16-14(10-13)11-17(19-16)18-9-7-15(5-2)20-18/h6-12,19H,4-5H2,1-3H3. The molecule has 2 heteroatoms. The van der Waals surface area contributed by atoms with Crippen LogP contribution in [0.2, 0.25) is 0 Å². The number of benzene rings is 1. The van der Waals surface area contributed by atoms with E-state index in [0.29, 0.717) is 5.92 Å². The number of aromatic amines is 1. The van der Waals surface area contributed by atoms with Gasteiger partial charge in [-0.1, -0.05) is 26.8 Å². The van der Waals surface area contributed by atoms with Crippen LogP contribution in [0.25, 0.3) is 21.5 Å². The Balaban J connectivity index is 2.01. The van der Waals surface area contributed by atoms with Gasteiger partial charge in [0.1, 0.15) is 0 Å². The van der Waals surface area contributed by atoms with Crippen molar-refractivity contribution < 1.29 is 0 Å². The summed E-state index contributed by atoms with van der Waals surface area (Å²) < 4.78 is 0. The van der Waals surface area contributed by atoms with Crippen LogP contribution in [-0.4, -0.2) is 4.98 Å². The van der Waals surface area contributed by atoms with Gasteiger partial charge in [-0.25, -0.2) is 0 Å². The predicted octanol–water partition coefficient (Wildman–Crippen LogP) is 5.97. The summed E-state index contributed by atoms with van der Waals surface area (Å²) in [5.41, 5.74) is 3.91. The molecule has 0 bridgehead atoms. The number of hydrogen-bond acceptors (Lipinski definition) is 1. The van der Waals surface area contributed by atoms with Crippen LogP contribution in [0.1, 0.15) is 43.6 Å². The van der Waals surface area contributed by atoms with Gasteiger partial charge >= 0.3 is 0 Å². The molecular weight excluding hydrogens is 262 g/mol. The van der Waals surface area contributed by atoms with Crippen LogP contribution in [-0.2, 0) is 6.42 Å². The Hall–Kier alpha value is -1.54. The van der Waals surface area contributed by atoms with Crippen molar-refractivity contribution in [1.82, 2.24) is 4.98 Å². The maximum Gasteiger partial charge on any atom is 0.0566 e. The van der Waals surface area contributed by atoms with Crippen molar-refractivity contribution in [1.29, 1.82) is 0 Å². The van der Waals surface area contributed by atoms with E-state index in [0.717, 1.165) is 6.42 Å². The summed E-state index contributed by atoms with van der Waals surface area (Å²) in [5.74, 6) is 0.631. The van der Waals surface area contributed by atoms with Crippen molar-refractivity contribution in [3.05, 3.63) is 46.8 Å². The van der Waals surface area contributed by atoms with Gasteiger partial charge in [0.25, 0.3) is 0 Å². The fraction of sp³-hybridized carbons (Fsp3) is 0.333. The van der Waals surface area contributed by atoms with Crippen LogP contribution in [0.4, 0.5) is 0 Å². The average molecular weight is 283 g/mol. The minimum atomic E-state index is 0.631. The van der Waals surface area contributed by atoms with E-state index in [1.54, 1.807) is 0 Å². The highest BCUT2D eigenvalue weighted by Crippen LogP contribution is 2.31. The zero-order valence-electron chi connectivity index (χ0n) is 12.4. The van der Waals surface area contributed by atoms with Crippen LogP contribution in [0.3, 0.4) is 0 Å². The second kappa shape index (κ2) is 5.45. The fourth-order valence-corrected chi connectivity index (χ4v) is 3.46. The average Bonchev–Trinajstić information content (AvgIpc) is 3.11. The molecule has 20 heavy (non-hydrogen) atoms. The molecule has 0 saturated carbocycles. The lowest BCUT2D eigenvalue weighted by Crippen LogP contribution is -1.89. The molecule has 0 saturated heterocycles. The molecule has 0 aliphatic heterocycles. The Bertz CT molecular complexity index is 720. The van der Waals surface area contributed by atoms with E-state index in [2.05, 4.69) is 62.2 Å². The highest BCUT2D eigenvalue weighted by Gasteiger charge is 2.08. The molecule has 2 heterocycles. The van der Waals surface area contributed by atoms with Crippen LogP contribution in [0, 0.1) is 0 Å². The second-order valence-corrected chi connectivity index (χ2v) is 6.63. The molecular formula is C18H21NS. The number of H-pyrrole nitrogens is 1. The lowest BCUT2D eigenvalue weighted by atomic mass is 9.97. The summed E-state index contributed by atoms with van der Waals surface area (Å²) in [6.07, 6.45) is 2.30. The monoisotopic (exact) mass is 283 g/mol. The van der Waals surface area contributed by atoms with Crippen LogP contribution in [0.15, 0.2) is 36.4 Å². The SMILES string of the molecule is CCc1ccc(-c2cc3cc(C(C)CC)ccc3[nH]2)s1. The van der Waals surface area contributed by atoms with E-state index >= 15 is 0 Å². The smallest absolute Gasteiger partial charge is 0.0566 e. The Morgan fingerprint density at radius 1 is 1.10 bits per heavy atom. The van der Waals surface area contributed by atoms with Gasteiger partial charge in [-0.05, 0) is 54.7 Å². The third kappa shape index (κ3) is 2.40. The molecule has 0 spiro atoms. The molecule has 1 atom stereocenters.